The summed E-state index contributed by atoms with van der Waals surface area (Å²) in [6.45, 7) is 7.19. The van der Waals surface area contributed by atoms with Crippen molar-refractivity contribution in [3.8, 4) is 0 Å². The largest absolute Gasteiger partial charge is 0.479 e. The molecule has 6 nitrogen and oxygen atoms in total. The Kier molecular flexibility index (Phi) is 4.96. The maximum atomic E-state index is 12.7. The Morgan fingerprint density at radius 2 is 1.88 bits per heavy atom. The lowest BCUT2D eigenvalue weighted by atomic mass is 9.92. The zero-order chi connectivity index (χ0) is 18.1. The Hall–Kier alpha value is -2.37. The van der Waals surface area contributed by atoms with Gasteiger partial charge in [-0.25, -0.2) is 4.79 Å². The number of nitrogens with one attached hydrogen (secondary N) is 1. The van der Waals surface area contributed by atoms with Crippen LogP contribution in [0.1, 0.15) is 44.9 Å². The number of aliphatic carboxylic acids is 1. The highest BCUT2D eigenvalue weighted by atomic mass is 16.4. The van der Waals surface area contributed by atoms with Gasteiger partial charge in [0.2, 0.25) is 11.8 Å². The first-order chi connectivity index (χ1) is 11.1. The van der Waals surface area contributed by atoms with Crippen LogP contribution in [0.4, 0.5) is 0 Å². The molecule has 0 aliphatic carbocycles. The molecule has 2 rings (SSSR count). The molecule has 2 unspecified atom stereocenters. The Balaban J connectivity index is 2.23. The molecule has 0 radical (unpaired) electrons. The molecular weight excluding hydrogens is 308 g/mol. The summed E-state index contributed by atoms with van der Waals surface area (Å²) in [5.74, 6) is -1.69. The van der Waals surface area contributed by atoms with Gasteiger partial charge in [-0.1, -0.05) is 45.0 Å². The van der Waals surface area contributed by atoms with E-state index in [2.05, 4.69) is 5.32 Å². The monoisotopic (exact) mass is 332 g/mol. The minimum atomic E-state index is -1.06. The van der Waals surface area contributed by atoms with E-state index in [0.29, 0.717) is 18.5 Å². The third-order valence-corrected chi connectivity index (χ3v) is 4.20. The topological polar surface area (TPSA) is 86.7 Å². The highest BCUT2D eigenvalue weighted by Crippen LogP contribution is 2.30. The van der Waals surface area contributed by atoms with E-state index >= 15 is 0 Å². The van der Waals surface area contributed by atoms with Crippen LogP contribution in [0.15, 0.2) is 24.3 Å². The summed E-state index contributed by atoms with van der Waals surface area (Å²) in [6, 6.07) is 5.47. The Labute approximate surface area is 141 Å². The van der Waals surface area contributed by atoms with E-state index in [0.717, 1.165) is 5.56 Å². The fourth-order valence-corrected chi connectivity index (χ4v) is 2.79. The van der Waals surface area contributed by atoms with Crippen LogP contribution in [0.5, 0.6) is 0 Å². The molecular formula is C18H24N2O4. The van der Waals surface area contributed by atoms with E-state index < -0.39 is 23.5 Å². The molecule has 0 fully saturated rings. The molecule has 1 heterocycles. The summed E-state index contributed by atoms with van der Waals surface area (Å²) in [4.78, 5) is 37.9. The highest BCUT2D eigenvalue weighted by Gasteiger charge is 2.38. The van der Waals surface area contributed by atoms with E-state index in [1.807, 2.05) is 12.1 Å². The maximum absolute atomic E-state index is 12.7. The van der Waals surface area contributed by atoms with Crippen molar-refractivity contribution in [2.24, 2.45) is 5.41 Å². The van der Waals surface area contributed by atoms with Crippen LogP contribution in [-0.2, 0) is 20.8 Å². The van der Waals surface area contributed by atoms with E-state index in [-0.39, 0.29) is 11.8 Å². The second-order valence-corrected chi connectivity index (χ2v) is 7.17. The van der Waals surface area contributed by atoms with Crippen LogP contribution in [0.25, 0.3) is 0 Å². The van der Waals surface area contributed by atoms with Gasteiger partial charge in [0.15, 0.2) is 6.04 Å². The molecule has 0 aromatic heterocycles. The lowest BCUT2D eigenvalue weighted by Gasteiger charge is -2.36. The Bertz CT molecular complexity index is 663. The van der Waals surface area contributed by atoms with Gasteiger partial charge < -0.3 is 15.3 Å². The molecule has 24 heavy (non-hydrogen) atoms. The zero-order valence-electron chi connectivity index (χ0n) is 14.5. The van der Waals surface area contributed by atoms with Crippen molar-refractivity contribution in [2.75, 3.05) is 6.54 Å². The molecule has 2 atom stereocenters. The Morgan fingerprint density at radius 3 is 2.46 bits per heavy atom. The van der Waals surface area contributed by atoms with Crippen molar-refractivity contribution < 1.29 is 19.5 Å². The maximum Gasteiger partial charge on any atom is 0.331 e. The predicted octanol–water partition coefficient (Wildman–Crippen LogP) is 1.75. The summed E-state index contributed by atoms with van der Waals surface area (Å²) in [6.07, 6.45) is 0.603. The van der Waals surface area contributed by atoms with Gasteiger partial charge in [0.05, 0.1) is 0 Å². The van der Waals surface area contributed by atoms with E-state index in [1.165, 1.54) is 4.90 Å². The van der Waals surface area contributed by atoms with Gasteiger partial charge in [0.1, 0.15) is 6.04 Å². The second kappa shape index (κ2) is 6.63. The van der Waals surface area contributed by atoms with E-state index in [1.54, 1.807) is 39.8 Å². The molecule has 0 saturated carbocycles. The normalized spacial score (nSPS) is 18.5. The van der Waals surface area contributed by atoms with E-state index in [4.69, 9.17) is 0 Å². The van der Waals surface area contributed by atoms with Gasteiger partial charge in [-0.05, 0) is 24.5 Å². The number of nitrogens with zero attached hydrogens (tertiary/aromatic N) is 1. The van der Waals surface area contributed by atoms with Crippen LogP contribution in [0.3, 0.4) is 0 Å². The van der Waals surface area contributed by atoms with Crippen molar-refractivity contribution in [2.45, 2.75) is 46.2 Å². The first kappa shape index (κ1) is 18.0. The molecule has 0 saturated heterocycles. The Morgan fingerprint density at radius 1 is 1.25 bits per heavy atom. The first-order valence-corrected chi connectivity index (χ1v) is 8.05. The van der Waals surface area contributed by atoms with Crippen molar-refractivity contribution >= 4 is 17.8 Å². The van der Waals surface area contributed by atoms with Crippen LogP contribution in [0.2, 0.25) is 0 Å². The molecule has 6 heteroatoms. The number of fused-ring (bicyclic) bond motifs is 1. The number of carbonyl (C=O) groups is 3. The van der Waals surface area contributed by atoms with Gasteiger partial charge in [0, 0.05) is 12.0 Å². The summed E-state index contributed by atoms with van der Waals surface area (Å²) in [5.41, 5.74) is 0.967. The van der Waals surface area contributed by atoms with Crippen LogP contribution in [0, 0.1) is 5.41 Å². The van der Waals surface area contributed by atoms with Gasteiger partial charge in [-0.2, -0.15) is 0 Å². The highest BCUT2D eigenvalue weighted by molar-refractivity contribution is 5.92. The zero-order valence-corrected chi connectivity index (χ0v) is 14.5. The molecule has 2 N–H and O–H groups in total. The average molecular weight is 332 g/mol. The van der Waals surface area contributed by atoms with Gasteiger partial charge in [-0.15, -0.1) is 0 Å². The predicted molar refractivity (Wildman–Crippen MR) is 89.3 cm³/mol. The summed E-state index contributed by atoms with van der Waals surface area (Å²) >= 11 is 0. The van der Waals surface area contributed by atoms with Crippen molar-refractivity contribution in [1.29, 1.82) is 0 Å². The molecule has 1 aliphatic rings. The fraction of sp³-hybridized carbons (Fsp3) is 0.500. The van der Waals surface area contributed by atoms with E-state index in [9.17, 15) is 19.5 Å². The summed E-state index contributed by atoms with van der Waals surface area (Å²) in [5, 5.41) is 12.3. The molecule has 1 aromatic rings. The molecule has 2 amide bonds. The molecule has 130 valence electrons. The van der Waals surface area contributed by atoms with Gasteiger partial charge >= 0.3 is 5.97 Å². The van der Waals surface area contributed by atoms with Gasteiger partial charge in [-0.3, -0.25) is 9.59 Å². The van der Waals surface area contributed by atoms with Crippen LogP contribution in [-0.4, -0.2) is 40.4 Å². The van der Waals surface area contributed by atoms with Crippen LogP contribution < -0.4 is 5.32 Å². The minimum absolute atomic E-state index is 0.243. The average Bonchev–Trinajstić information content (AvgIpc) is 2.51. The number of hydrogen-bond donors (Lipinski definition) is 2. The lowest BCUT2D eigenvalue weighted by molar-refractivity contribution is -0.152. The first-order valence-electron chi connectivity index (χ1n) is 8.05. The summed E-state index contributed by atoms with van der Waals surface area (Å²) in [7, 11) is 0. The van der Waals surface area contributed by atoms with Gasteiger partial charge in [0.25, 0.3) is 0 Å². The number of amides is 2. The smallest absolute Gasteiger partial charge is 0.331 e. The number of carboxylic acid groups (broad SMARTS) is 1. The number of hydrogen-bond acceptors (Lipinski definition) is 3. The second-order valence-electron chi connectivity index (χ2n) is 7.17. The quantitative estimate of drug-likeness (QED) is 0.883. The SMILES string of the molecule is CC(NC(=O)C(C)(C)C)C(=O)N1CCc2ccccc2C1C(=O)O. The third kappa shape index (κ3) is 3.58. The third-order valence-electron chi connectivity index (χ3n) is 4.20. The van der Waals surface area contributed by atoms with Crippen LogP contribution >= 0.6 is 0 Å². The number of carboxylic acids is 1. The molecule has 0 bridgehead atoms. The standard InChI is InChI=1S/C18H24N2O4/c1-11(19-17(24)18(2,3)4)15(21)20-10-9-12-7-5-6-8-13(12)14(20)16(22)23/h5-8,11,14H,9-10H2,1-4H3,(H,19,24)(H,22,23). The summed E-state index contributed by atoms with van der Waals surface area (Å²) < 4.78 is 0. The number of benzene rings is 1. The minimum Gasteiger partial charge on any atom is -0.479 e. The molecule has 0 spiro atoms. The molecule has 1 aliphatic heterocycles. The lowest BCUT2D eigenvalue weighted by Crippen LogP contribution is -2.53. The van der Waals surface area contributed by atoms with Crippen molar-refractivity contribution in [3.63, 3.8) is 0 Å². The van der Waals surface area contributed by atoms with Crippen molar-refractivity contribution in [1.82, 2.24) is 10.2 Å². The number of carbonyl (C=O) groups excluding carboxylic acids is 2. The molecule has 1 aromatic carbocycles. The number of rotatable bonds is 3. The fourth-order valence-electron chi connectivity index (χ4n) is 2.79. The van der Waals surface area contributed by atoms with Crippen molar-refractivity contribution in [3.05, 3.63) is 35.4 Å².